The molecule has 5 heteroatoms. The van der Waals surface area contributed by atoms with Crippen LogP contribution in [0.5, 0.6) is 0 Å². The first kappa shape index (κ1) is 22.5. The summed E-state index contributed by atoms with van der Waals surface area (Å²) in [6.45, 7) is 4.39. The first-order valence-electron chi connectivity index (χ1n) is 12.1. The summed E-state index contributed by atoms with van der Waals surface area (Å²) in [5.41, 5.74) is 3.13. The summed E-state index contributed by atoms with van der Waals surface area (Å²) in [6, 6.07) is 14.7. The van der Waals surface area contributed by atoms with E-state index in [-0.39, 0.29) is 17.6 Å². The van der Waals surface area contributed by atoms with Crippen LogP contribution >= 0.6 is 0 Å². The van der Waals surface area contributed by atoms with Crippen LogP contribution in [0.4, 0.5) is 4.39 Å². The lowest BCUT2D eigenvalue weighted by Crippen LogP contribution is -2.24. The van der Waals surface area contributed by atoms with Crippen molar-refractivity contribution >= 4 is 16.9 Å². The van der Waals surface area contributed by atoms with Crippen LogP contribution < -0.4 is 0 Å². The molecule has 1 amide bonds. The summed E-state index contributed by atoms with van der Waals surface area (Å²) < 4.78 is 15.6. The zero-order valence-corrected chi connectivity index (χ0v) is 19.1. The van der Waals surface area contributed by atoms with Gasteiger partial charge in [-0.25, -0.2) is 9.37 Å². The Kier molecular flexibility index (Phi) is 7.56. The van der Waals surface area contributed by atoms with E-state index in [2.05, 4.69) is 29.7 Å². The zero-order chi connectivity index (χ0) is 22.3. The molecule has 170 valence electrons. The standard InChI is InChI=1S/C27H34FN3O/c1-2-3-4-5-6-7-10-17-31-25-12-9-8-11-24(25)29-27(31)22-18-26(32)30(20-22)19-21-13-15-23(28)16-14-21/h8-9,11-16,22H,2-7,10,17-20H2,1H3. The molecule has 2 aromatic carbocycles. The van der Waals surface area contributed by atoms with Crippen molar-refractivity contribution in [1.29, 1.82) is 0 Å². The quantitative estimate of drug-likeness (QED) is 0.325. The Morgan fingerprint density at radius 3 is 2.47 bits per heavy atom. The minimum atomic E-state index is -0.251. The van der Waals surface area contributed by atoms with Crippen LogP contribution in [0.1, 0.15) is 75.6 Å². The monoisotopic (exact) mass is 435 g/mol. The van der Waals surface area contributed by atoms with Crippen molar-refractivity contribution in [2.75, 3.05) is 6.54 Å². The molecule has 0 spiro atoms. The number of amides is 1. The lowest BCUT2D eigenvalue weighted by molar-refractivity contribution is -0.128. The Morgan fingerprint density at radius 2 is 1.69 bits per heavy atom. The number of nitrogens with zero attached hydrogens (tertiary/aromatic N) is 3. The Morgan fingerprint density at radius 1 is 0.969 bits per heavy atom. The van der Waals surface area contributed by atoms with Crippen molar-refractivity contribution in [1.82, 2.24) is 14.5 Å². The fourth-order valence-electron chi connectivity index (χ4n) is 4.78. The Bertz CT molecular complexity index is 1030. The maximum atomic E-state index is 13.2. The molecule has 2 heterocycles. The maximum absolute atomic E-state index is 13.2. The topological polar surface area (TPSA) is 38.1 Å². The predicted octanol–water partition coefficient (Wildman–Crippen LogP) is 6.44. The van der Waals surface area contributed by atoms with Crippen LogP contribution in [-0.2, 0) is 17.9 Å². The largest absolute Gasteiger partial charge is 0.338 e. The summed E-state index contributed by atoms with van der Waals surface area (Å²) in [5, 5.41) is 0. The molecule has 1 aliphatic rings. The van der Waals surface area contributed by atoms with E-state index in [0.717, 1.165) is 35.4 Å². The summed E-state index contributed by atoms with van der Waals surface area (Å²) in [6.07, 6.45) is 9.42. The Balaban J connectivity index is 1.44. The first-order chi connectivity index (χ1) is 15.7. The molecule has 4 rings (SSSR count). The fraction of sp³-hybridized carbons (Fsp3) is 0.481. The molecule has 0 saturated carbocycles. The van der Waals surface area contributed by atoms with E-state index >= 15 is 0 Å². The number of unbranched alkanes of at least 4 members (excludes halogenated alkanes) is 6. The summed E-state index contributed by atoms with van der Waals surface area (Å²) in [4.78, 5) is 19.6. The minimum absolute atomic E-state index is 0.0971. The Hall–Kier alpha value is -2.69. The van der Waals surface area contributed by atoms with Gasteiger partial charge in [0.2, 0.25) is 5.91 Å². The number of imidazole rings is 1. The highest BCUT2D eigenvalue weighted by molar-refractivity contribution is 5.81. The number of carbonyl (C=O) groups excluding carboxylic acids is 1. The van der Waals surface area contributed by atoms with Crippen molar-refractivity contribution in [3.8, 4) is 0 Å². The molecule has 1 aromatic heterocycles. The first-order valence-corrected chi connectivity index (χ1v) is 12.1. The molecule has 0 aliphatic carbocycles. The third-order valence-corrected chi connectivity index (χ3v) is 6.54. The Labute approximate surface area is 190 Å². The van der Waals surface area contributed by atoms with Gasteiger partial charge in [-0.3, -0.25) is 4.79 Å². The molecule has 1 aliphatic heterocycles. The van der Waals surface area contributed by atoms with Gasteiger partial charge in [-0.2, -0.15) is 0 Å². The second-order valence-electron chi connectivity index (χ2n) is 9.03. The van der Waals surface area contributed by atoms with E-state index in [1.165, 1.54) is 50.7 Å². The third-order valence-electron chi connectivity index (χ3n) is 6.54. The average molecular weight is 436 g/mol. The molecular formula is C27H34FN3O. The highest BCUT2D eigenvalue weighted by Crippen LogP contribution is 2.31. The number of aryl methyl sites for hydroxylation is 1. The number of benzene rings is 2. The van der Waals surface area contributed by atoms with Crippen molar-refractivity contribution in [3.05, 3.63) is 65.7 Å². The van der Waals surface area contributed by atoms with Crippen LogP contribution in [0.15, 0.2) is 48.5 Å². The number of halogens is 1. The number of carbonyl (C=O) groups is 1. The highest BCUT2D eigenvalue weighted by Gasteiger charge is 2.33. The predicted molar refractivity (Wildman–Crippen MR) is 127 cm³/mol. The molecule has 4 nitrogen and oxygen atoms in total. The molecule has 1 unspecified atom stereocenters. The number of hydrogen-bond donors (Lipinski definition) is 0. The van der Waals surface area contributed by atoms with Gasteiger partial charge in [0.1, 0.15) is 11.6 Å². The molecule has 0 radical (unpaired) electrons. The minimum Gasteiger partial charge on any atom is -0.338 e. The van der Waals surface area contributed by atoms with Crippen molar-refractivity contribution in [2.45, 2.75) is 77.3 Å². The zero-order valence-electron chi connectivity index (χ0n) is 19.1. The summed E-state index contributed by atoms with van der Waals surface area (Å²) in [7, 11) is 0. The average Bonchev–Trinajstić information content (AvgIpc) is 3.35. The lowest BCUT2D eigenvalue weighted by Gasteiger charge is -2.17. The second kappa shape index (κ2) is 10.8. The van der Waals surface area contributed by atoms with Crippen LogP contribution in [0, 0.1) is 5.82 Å². The van der Waals surface area contributed by atoms with Gasteiger partial charge >= 0.3 is 0 Å². The maximum Gasteiger partial charge on any atom is 0.223 e. The van der Waals surface area contributed by atoms with E-state index in [1.54, 1.807) is 12.1 Å². The van der Waals surface area contributed by atoms with E-state index < -0.39 is 0 Å². The normalized spacial score (nSPS) is 16.4. The van der Waals surface area contributed by atoms with Crippen LogP contribution in [0.3, 0.4) is 0 Å². The third kappa shape index (κ3) is 5.37. The van der Waals surface area contributed by atoms with Gasteiger partial charge in [0.15, 0.2) is 0 Å². The molecule has 3 aromatic rings. The van der Waals surface area contributed by atoms with E-state index in [1.807, 2.05) is 11.0 Å². The van der Waals surface area contributed by atoms with Gasteiger partial charge in [0.25, 0.3) is 0 Å². The molecule has 32 heavy (non-hydrogen) atoms. The summed E-state index contributed by atoms with van der Waals surface area (Å²) >= 11 is 0. The smallest absolute Gasteiger partial charge is 0.223 e. The molecule has 1 atom stereocenters. The van der Waals surface area contributed by atoms with Gasteiger partial charge in [-0.15, -0.1) is 0 Å². The van der Waals surface area contributed by atoms with Crippen molar-refractivity contribution in [3.63, 3.8) is 0 Å². The number of hydrogen-bond acceptors (Lipinski definition) is 2. The van der Waals surface area contributed by atoms with Gasteiger partial charge in [0, 0.05) is 32.0 Å². The molecule has 1 fully saturated rings. The van der Waals surface area contributed by atoms with Crippen LogP contribution in [0.2, 0.25) is 0 Å². The van der Waals surface area contributed by atoms with E-state index in [9.17, 15) is 9.18 Å². The van der Waals surface area contributed by atoms with Gasteiger partial charge in [-0.1, -0.05) is 69.7 Å². The van der Waals surface area contributed by atoms with Crippen molar-refractivity contribution in [2.24, 2.45) is 0 Å². The fourth-order valence-corrected chi connectivity index (χ4v) is 4.78. The molecule has 0 bridgehead atoms. The molecule has 1 saturated heterocycles. The van der Waals surface area contributed by atoms with Gasteiger partial charge in [0.05, 0.1) is 11.0 Å². The SMILES string of the molecule is CCCCCCCCCn1c(C2CC(=O)N(Cc3ccc(F)cc3)C2)nc2ccccc21. The number of fused-ring (bicyclic) bond motifs is 1. The molecule has 0 N–H and O–H groups in total. The van der Waals surface area contributed by atoms with E-state index in [4.69, 9.17) is 4.98 Å². The molecular weight excluding hydrogens is 401 g/mol. The lowest BCUT2D eigenvalue weighted by atomic mass is 10.1. The summed E-state index contributed by atoms with van der Waals surface area (Å²) in [5.74, 6) is 1.03. The second-order valence-corrected chi connectivity index (χ2v) is 9.03. The van der Waals surface area contributed by atoms with Crippen LogP contribution in [-0.4, -0.2) is 26.9 Å². The number of aromatic nitrogens is 2. The van der Waals surface area contributed by atoms with Gasteiger partial charge < -0.3 is 9.47 Å². The number of likely N-dealkylation sites (tertiary alicyclic amines) is 1. The van der Waals surface area contributed by atoms with E-state index in [0.29, 0.717) is 19.5 Å². The van der Waals surface area contributed by atoms with Crippen molar-refractivity contribution < 1.29 is 9.18 Å². The number of rotatable bonds is 11. The van der Waals surface area contributed by atoms with Crippen LogP contribution in [0.25, 0.3) is 11.0 Å². The van der Waals surface area contributed by atoms with Gasteiger partial charge in [-0.05, 0) is 36.2 Å². The number of para-hydroxylation sites is 2. The highest BCUT2D eigenvalue weighted by atomic mass is 19.1.